The van der Waals surface area contributed by atoms with Crippen molar-refractivity contribution < 1.29 is 26.3 Å². The van der Waals surface area contributed by atoms with E-state index in [-0.39, 0.29) is 23.2 Å². The van der Waals surface area contributed by atoms with E-state index in [9.17, 15) is 21.6 Å². The summed E-state index contributed by atoms with van der Waals surface area (Å²) in [6, 6.07) is 2.30. The first-order valence-electron chi connectivity index (χ1n) is 6.15. The van der Waals surface area contributed by atoms with Crippen molar-refractivity contribution in [2.24, 2.45) is 0 Å². The van der Waals surface area contributed by atoms with Gasteiger partial charge in [-0.15, -0.1) is 12.4 Å². The van der Waals surface area contributed by atoms with E-state index in [0.29, 0.717) is 26.2 Å². The van der Waals surface area contributed by atoms with Crippen LogP contribution in [-0.2, 0) is 10.0 Å². The Kier molecular flexibility index (Phi) is 6.41. The lowest BCUT2D eigenvalue weighted by atomic mass is 10.4. The van der Waals surface area contributed by atoms with Gasteiger partial charge in [-0.2, -0.15) is 17.5 Å². The minimum Gasteiger partial charge on any atom is -0.468 e. The van der Waals surface area contributed by atoms with Crippen LogP contribution in [0.4, 0.5) is 13.2 Å². The summed E-state index contributed by atoms with van der Waals surface area (Å²) in [6.07, 6.45) is -3.46. The number of hydrogen-bond acceptors (Lipinski definition) is 5. The van der Waals surface area contributed by atoms with E-state index in [2.05, 4.69) is 15.0 Å². The maximum absolute atomic E-state index is 12.3. The molecule has 0 aliphatic carbocycles. The zero-order chi connectivity index (χ0) is 15.5. The number of ether oxygens (including phenoxy) is 1. The average molecular weight is 362 g/mol. The number of aromatic nitrogens is 1. The summed E-state index contributed by atoms with van der Waals surface area (Å²) in [6.45, 7) is 0.325. The van der Waals surface area contributed by atoms with Crippen molar-refractivity contribution in [2.45, 2.75) is 11.1 Å². The predicted octanol–water partition coefficient (Wildman–Crippen LogP) is 1.04. The molecule has 2 heterocycles. The van der Waals surface area contributed by atoms with E-state index >= 15 is 0 Å². The Morgan fingerprint density at radius 2 is 1.91 bits per heavy atom. The second-order valence-corrected chi connectivity index (χ2v) is 6.33. The molecule has 0 atom stereocenters. The SMILES string of the molecule is Cl.O=S(=O)(c1ccc(OCC(F)(F)F)nc1)N1CCNCC1. The largest absolute Gasteiger partial charge is 0.468 e. The molecule has 1 saturated heterocycles. The first-order valence-corrected chi connectivity index (χ1v) is 7.59. The highest BCUT2D eigenvalue weighted by Gasteiger charge is 2.29. The number of hydrogen-bond donors (Lipinski definition) is 1. The maximum atomic E-state index is 12.3. The number of piperazine rings is 1. The van der Waals surface area contributed by atoms with E-state index in [4.69, 9.17) is 0 Å². The lowest BCUT2D eigenvalue weighted by Gasteiger charge is -2.26. The summed E-state index contributed by atoms with van der Waals surface area (Å²) in [5.74, 6) is -0.272. The highest BCUT2D eigenvalue weighted by Crippen LogP contribution is 2.20. The molecule has 1 N–H and O–H groups in total. The number of rotatable bonds is 4. The maximum Gasteiger partial charge on any atom is 0.422 e. The first-order chi connectivity index (χ1) is 9.79. The van der Waals surface area contributed by atoms with Gasteiger partial charge >= 0.3 is 6.18 Å². The van der Waals surface area contributed by atoms with Gasteiger partial charge in [0.05, 0.1) is 6.20 Å². The van der Waals surface area contributed by atoms with Crippen molar-refractivity contribution in [1.29, 1.82) is 0 Å². The van der Waals surface area contributed by atoms with Crippen molar-refractivity contribution in [3.8, 4) is 5.88 Å². The van der Waals surface area contributed by atoms with Crippen LogP contribution in [0, 0.1) is 0 Å². The van der Waals surface area contributed by atoms with Crippen molar-refractivity contribution >= 4 is 22.4 Å². The number of pyridine rings is 1. The Balaban J connectivity index is 0.00000242. The number of nitrogens with zero attached hydrogens (tertiary/aromatic N) is 2. The molecule has 0 saturated carbocycles. The molecule has 6 nitrogen and oxygen atoms in total. The van der Waals surface area contributed by atoms with E-state index in [1.807, 2.05) is 0 Å². The lowest BCUT2D eigenvalue weighted by Crippen LogP contribution is -2.46. The van der Waals surface area contributed by atoms with Gasteiger partial charge in [-0.1, -0.05) is 0 Å². The van der Waals surface area contributed by atoms with Crippen LogP contribution in [0.2, 0.25) is 0 Å². The van der Waals surface area contributed by atoms with Gasteiger partial charge < -0.3 is 10.1 Å². The molecule has 11 heteroatoms. The monoisotopic (exact) mass is 361 g/mol. The van der Waals surface area contributed by atoms with E-state index in [0.717, 1.165) is 12.3 Å². The van der Waals surface area contributed by atoms with Gasteiger partial charge in [-0.25, -0.2) is 13.4 Å². The summed E-state index contributed by atoms with van der Waals surface area (Å²) in [5.41, 5.74) is 0. The third kappa shape index (κ3) is 4.97. The number of halogens is 4. The predicted molar refractivity (Wildman–Crippen MR) is 74.7 cm³/mol. The second kappa shape index (κ2) is 7.44. The minimum absolute atomic E-state index is 0. The molecule has 0 radical (unpaired) electrons. The Hall–Kier alpha value is -1.10. The first kappa shape index (κ1) is 18.9. The van der Waals surface area contributed by atoms with Gasteiger partial charge in [0.1, 0.15) is 4.90 Å². The molecule has 1 aromatic heterocycles. The van der Waals surface area contributed by atoms with Crippen LogP contribution in [0.1, 0.15) is 0 Å². The van der Waals surface area contributed by atoms with E-state index < -0.39 is 22.8 Å². The molecular formula is C11H15ClF3N3O3S. The van der Waals surface area contributed by atoms with Crippen LogP contribution < -0.4 is 10.1 Å². The Morgan fingerprint density at radius 1 is 1.27 bits per heavy atom. The quantitative estimate of drug-likeness (QED) is 0.867. The van der Waals surface area contributed by atoms with E-state index in [1.54, 1.807) is 0 Å². The van der Waals surface area contributed by atoms with Crippen LogP contribution >= 0.6 is 12.4 Å². The average Bonchev–Trinajstić information content (AvgIpc) is 2.46. The van der Waals surface area contributed by atoms with Gasteiger partial charge in [-0.05, 0) is 6.07 Å². The van der Waals surface area contributed by atoms with E-state index in [1.165, 1.54) is 10.4 Å². The summed E-state index contributed by atoms with van der Waals surface area (Å²) >= 11 is 0. The molecule has 1 aliphatic heterocycles. The van der Waals surface area contributed by atoms with Crippen LogP contribution in [0.3, 0.4) is 0 Å². The van der Waals surface area contributed by atoms with Gasteiger partial charge in [0.15, 0.2) is 6.61 Å². The molecule has 0 bridgehead atoms. The highest BCUT2D eigenvalue weighted by atomic mass is 35.5. The molecule has 0 spiro atoms. The minimum atomic E-state index is -4.47. The smallest absolute Gasteiger partial charge is 0.422 e. The standard InChI is InChI=1S/C11H14F3N3O3S.ClH/c12-11(13,14)8-20-10-2-1-9(7-16-10)21(18,19)17-5-3-15-4-6-17;/h1-2,7,15H,3-6,8H2;1H. The van der Waals surface area contributed by atoms with Crippen molar-refractivity contribution in [3.63, 3.8) is 0 Å². The van der Waals surface area contributed by atoms with Crippen LogP contribution in [0.15, 0.2) is 23.2 Å². The Labute approximate surface area is 132 Å². The number of sulfonamides is 1. The highest BCUT2D eigenvalue weighted by molar-refractivity contribution is 7.89. The van der Waals surface area contributed by atoms with Crippen LogP contribution in [0.5, 0.6) is 5.88 Å². The third-order valence-corrected chi connectivity index (χ3v) is 4.69. The fourth-order valence-corrected chi connectivity index (χ4v) is 3.18. The van der Waals surface area contributed by atoms with Crippen molar-refractivity contribution in [2.75, 3.05) is 32.8 Å². The molecule has 0 amide bonds. The van der Waals surface area contributed by atoms with Crippen LogP contribution in [-0.4, -0.2) is 56.7 Å². The van der Waals surface area contributed by atoms with Gasteiger partial charge in [0, 0.05) is 32.2 Å². The topological polar surface area (TPSA) is 71.5 Å². The molecule has 1 aliphatic rings. The molecule has 126 valence electrons. The second-order valence-electron chi connectivity index (χ2n) is 4.39. The summed E-state index contributed by atoms with van der Waals surface area (Å²) in [5, 5.41) is 3.03. The summed E-state index contributed by atoms with van der Waals surface area (Å²) in [4.78, 5) is 3.53. The molecular weight excluding hydrogens is 347 g/mol. The molecule has 0 unspecified atom stereocenters. The summed E-state index contributed by atoms with van der Waals surface area (Å²) in [7, 11) is -3.67. The molecule has 1 aromatic rings. The molecule has 0 aromatic carbocycles. The normalized spacial score (nSPS) is 16.9. The molecule has 22 heavy (non-hydrogen) atoms. The number of nitrogens with one attached hydrogen (secondary N) is 1. The fourth-order valence-electron chi connectivity index (χ4n) is 1.79. The third-order valence-electron chi connectivity index (χ3n) is 2.81. The summed E-state index contributed by atoms with van der Waals surface area (Å²) < 4.78 is 66.2. The van der Waals surface area contributed by atoms with Gasteiger partial charge in [0.2, 0.25) is 15.9 Å². The van der Waals surface area contributed by atoms with Gasteiger partial charge in [-0.3, -0.25) is 0 Å². The van der Waals surface area contributed by atoms with Crippen molar-refractivity contribution in [1.82, 2.24) is 14.6 Å². The van der Waals surface area contributed by atoms with Crippen molar-refractivity contribution in [3.05, 3.63) is 18.3 Å². The fraction of sp³-hybridized carbons (Fsp3) is 0.545. The zero-order valence-electron chi connectivity index (χ0n) is 11.3. The Bertz CT molecular complexity index is 574. The molecule has 2 rings (SSSR count). The molecule has 1 fully saturated rings. The Morgan fingerprint density at radius 3 is 2.41 bits per heavy atom. The van der Waals surface area contributed by atoms with Crippen LogP contribution in [0.25, 0.3) is 0 Å². The number of alkyl halides is 3. The lowest BCUT2D eigenvalue weighted by molar-refractivity contribution is -0.154. The van der Waals surface area contributed by atoms with Gasteiger partial charge in [0.25, 0.3) is 0 Å². The zero-order valence-corrected chi connectivity index (χ0v) is 13.0.